The van der Waals surface area contributed by atoms with E-state index in [0.717, 1.165) is 59.5 Å². The number of fused-ring (bicyclic) bond motifs is 1. The molecule has 6 heteroatoms. The molecule has 0 unspecified atom stereocenters. The molecule has 1 saturated heterocycles. The van der Waals surface area contributed by atoms with Crippen LogP contribution in [0.4, 0.5) is 0 Å². The first-order valence-corrected chi connectivity index (χ1v) is 16.5. The fourth-order valence-corrected chi connectivity index (χ4v) is 6.69. The van der Waals surface area contributed by atoms with Crippen LogP contribution in [0.15, 0.2) is 0 Å². The molecule has 2 heterocycles. The predicted molar refractivity (Wildman–Crippen MR) is 166 cm³/mol. The van der Waals surface area contributed by atoms with E-state index in [2.05, 4.69) is 41.5 Å². The molecular formula is C35H60O6. The van der Waals surface area contributed by atoms with Gasteiger partial charge in [0.2, 0.25) is 6.29 Å². The van der Waals surface area contributed by atoms with Crippen LogP contribution in [0.2, 0.25) is 0 Å². The summed E-state index contributed by atoms with van der Waals surface area (Å²) in [5.41, 5.74) is 4.04. The maximum absolute atomic E-state index is 10.5. The zero-order chi connectivity index (χ0) is 30.3. The lowest BCUT2D eigenvalue weighted by Crippen LogP contribution is -2.51. The summed E-state index contributed by atoms with van der Waals surface area (Å²) in [4.78, 5) is 0. The Kier molecular flexibility index (Phi) is 12.8. The van der Waals surface area contributed by atoms with Gasteiger partial charge >= 0.3 is 0 Å². The van der Waals surface area contributed by atoms with Crippen LogP contribution in [0, 0.1) is 38.5 Å². The molecule has 0 bridgehead atoms. The molecule has 0 spiro atoms. The summed E-state index contributed by atoms with van der Waals surface area (Å²) in [5.74, 6) is 4.11. The van der Waals surface area contributed by atoms with E-state index in [1.807, 2.05) is 13.8 Å². The van der Waals surface area contributed by atoms with Gasteiger partial charge in [-0.1, -0.05) is 72.6 Å². The van der Waals surface area contributed by atoms with Gasteiger partial charge in [0.25, 0.3) is 0 Å². The van der Waals surface area contributed by atoms with E-state index >= 15 is 0 Å². The summed E-state index contributed by atoms with van der Waals surface area (Å²) < 4.78 is 18.7. The first kappa shape index (κ1) is 34.2. The first-order chi connectivity index (χ1) is 19.3. The summed E-state index contributed by atoms with van der Waals surface area (Å²) in [6, 6.07) is 0. The van der Waals surface area contributed by atoms with Crippen LogP contribution in [-0.2, 0) is 11.2 Å². The van der Waals surface area contributed by atoms with Crippen molar-refractivity contribution in [2.24, 2.45) is 17.8 Å². The third kappa shape index (κ3) is 9.32. The summed E-state index contributed by atoms with van der Waals surface area (Å²) in [5, 5.41) is 30.1. The van der Waals surface area contributed by atoms with Gasteiger partial charge in [0.15, 0.2) is 0 Å². The minimum atomic E-state index is -0.969. The number of ether oxygens (including phenoxy) is 3. The van der Waals surface area contributed by atoms with Gasteiger partial charge in [0.05, 0.1) is 12.7 Å². The Morgan fingerprint density at radius 2 is 1.46 bits per heavy atom. The lowest BCUT2D eigenvalue weighted by molar-refractivity contribution is -0.240. The molecule has 2 aliphatic rings. The number of hydrogen-bond donors (Lipinski definition) is 3. The maximum atomic E-state index is 10.5. The van der Waals surface area contributed by atoms with E-state index in [-0.39, 0.29) is 18.6 Å². The molecule has 0 saturated carbocycles. The smallest absolute Gasteiger partial charge is 0.226 e. The minimum absolute atomic E-state index is 0.107. The highest BCUT2D eigenvalue weighted by Gasteiger charge is 2.39. The Hall–Kier alpha value is -1.34. The first-order valence-electron chi connectivity index (χ1n) is 16.5. The Morgan fingerprint density at radius 3 is 2.07 bits per heavy atom. The third-order valence-electron chi connectivity index (χ3n) is 9.79. The Labute approximate surface area is 250 Å². The van der Waals surface area contributed by atoms with Crippen molar-refractivity contribution < 1.29 is 29.5 Å². The van der Waals surface area contributed by atoms with E-state index in [0.29, 0.717) is 5.75 Å². The summed E-state index contributed by atoms with van der Waals surface area (Å²) in [6.45, 7) is 17.6. The van der Waals surface area contributed by atoms with Crippen molar-refractivity contribution in [3.63, 3.8) is 0 Å². The quantitative estimate of drug-likeness (QED) is 0.202. The van der Waals surface area contributed by atoms with Gasteiger partial charge < -0.3 is 29.5 Å². The van der Waals surface area contributed by atoms with Gasteiger partial charge in [0.1, 0.15) is 29.3 Å². The highest BCUT2D eigenvalue weighted by atomic mass is 16.7. The van der Waals surface area contributed by atoms with Gasteiger partial charge in [-0.15, -0.1) is 0 Å². The molecule has 236 valence electrons. The molecule has 3 rings (SSSR count). The zero-order valence-corrected chi connectivity index (χ0v) is 27.3. The molecule has 0 radical (unpaired) electrons. The van der Waals surface area contributed by atoms with Crippen LogP contribution in [-0.4, -0.2) is 52.1 Å². The largest absolute Gasteiger partial charge is 0.487 e. The molecule has 41 heavy (non-hydrogen) atoms. The molecule has 0 amide bonds. The molecule has 1 aromatic carbocycles. The molecule has 7 atom stereocenters. The van der Waals surface area contributed by atoms with Gasteiger partial charge in [-0.05, 0) is 87.8 Å². The summed E-state index contributed by atoms with van der Waals surface area (Å²) >= 11 is 0. The molecular weight excluding hydrogens is 516 g/mol. The Balaban J connectivity index is 1.53. The average Bonchev–Trinajstić information content (AvgIpc) is 2.90. The van der Waals surface area contributed by atoms with Crippen molar-refractivity contribution in [2.45, 2.75) is 163 Å². The second-order valence-electron chi connectivity index (χ2n) is 14.1. The molecule has 0 aliphatic carbocycles. The highest BCUT2D eigenvalue weighted by Crippen LogP contribution is 2.45. The molecule has 1 fully saturated rings. The van der Waals surface area contributed by atoms with Crippen LogP contribution < -0.4 is 9.47 Å². The van der Waals surface area contributed by atoms with Crippen molar-refractivity contribution in [1.82, 2.24) is 0 Å². The van der Waals surface area contributed by atoms with Crippen molar-refractivity contribution in [3.8, 4) is 11.5 Å². The normalized spacial score (nSPS) is 27.8. The summed E-state index contributed by atoms with van der Waals surface area (Å²) in [6.07, 6.45) is 10.0. The van der Waals surface area contributed by atoms with Crippen molar-refractivity contribution in [3.05, 3.63) is 22.3 Å². The predicted octanol–water partition coefficient (Wildman–Crippen LogP) is 7.34. The average molecular weight is 577 g/mol. The standard InChI is InChI=1S/C35H60O6/c1-22(2)12-9-13-23(3)14-10-15-24(4)16-11-18-35(8)19-17-28-27(7)32(25(5)26(6)33(28)41-35)40-34-30(38)20-29(37)31(21-36)39-34/h22-24,29-31,34,36-38H,9-21H2,1-8H3/t23-,24-,29+,30-,31-,34-,35-/m1/s1. The Morgan fingerprint density at radius 1 is 0.854 bits per heavy atom. The minimum Gasteiger partial charge on any atom is -0.487 e. The number of benzene rings is 1. The molecule has 1 aromatic rings. The van der Waals surface area contributed by atoms with Gasteiger partial charge in [-0.3, -0.25) is 0 Å². The second-order valence-corrected chi connectivity index (χ2v) is 14.1. The third-order valence-corrected chi connectivity index (χ3v) is 9.79. The summed E-state index contributed by atoms with van der Waals surface area (Å²) in [7, 11) is 0. The second kappa shape index (κ2) is 15.4. The van der Waals surface area contributed by atoms with E-state index in [1.54, 1.807) is 0 Å². The van der Waals surface area contributed by atoms with Crippen LogP contribution in [0.1, 0.15) is 128 Å². The van der Waals surface area contributed by atoms with E-state index in [4.69, 9.17) is 14.2 Å². The molecule has 0 aromatic heterocycles. The number of aliphatic hydroxyl groups excluding tert-OH is 3. The van der Waals surface area contributed by atoms with Crippen molar-refractivity contribution in [2.75, 3.05) is 6.61 Å². The number of rotatable bonds is 15. The SMILES string of the molecule is Cc1c(C)c2c(c(C)c1O[C@H]1O[C@H](CO)[C@@H](O)C[C@H]1O)CC[C@@](C)(CCC[C@H](C)CCC[C@H](C)CCCC(C)C)O2. The number of aliphatic hydroxyl groups is 3. The van der Waals surface area contributed by atoms with Crippen LogP contribution in [0.3, 0.4) is 0 Å². The fraction of sp³-hybridized carbons (Fsp3) is 0.829. The molecule has 3 N–H and O–H groups in total. The maximum Gasteiger partial charge on any atom is 0.226 e. The van der Waals surface area contributed by atoms with Crippen LogP contribution >= 0.6 is 0 Å². The topological polar surface area (TPSA) is 88.4 Å². The van der Waals surface area contributed by atoms with Gasteiger partial charge in [-0.2, -0.15) is 0 Å². The fourth-order valence-electron chi connectivity index (χ4n) is 6.69. The lowest BCUT2D eigenvalue weighted by Gasteiger charge is -2.40. The lowest BCUT2D eigenvalue weighted by atomic mass is 9.83. The Bertz CT molecular complexity index is 961. The van der Waals surface area contributed by atoms with Crippen molar-refractivity contribution >= 4 is 0 Å². The number of hydrogen-bond acceptors (Lipinski definition) is 6. The van der Waals surface area contributed by atoms with E-state index in [9.17, 15) is 15.3 Å². The van der Waals surface area contributed by atoms with E-state index < -0.39 is 24.6 Å². The van der Waals surface area contributed by atoms with E-state index in [1.165, 1.54) is 56.9 Å². The monoisotopic (exact) mass is 576 g/mol. The zero-order valence-electron chi connectivity index (χ0n) is 27.3. The van der Waals surface area contributed by atoms with Crippen LogP contribution in [0.25, 0.3) is 0 Å². The highest BCUT2D eigenvalue weighted by molar-refractivity contribution is 5.59. The molecule has 6 nitrogen and oxygen atoms in total. The van der Waals surface area contributed by atoms with Crippen molar-refractivity contribution in [1.29, 1.82) is 0 Å². The van der Waals surface area contributed by atoms with Crippen LogP contribution in [0.5, 0.6) is 11.5 Å². The van der Waals surface area contributed by atoms with Gasteiger partial charge in [-0.25, -0.2) is 0 Å². The van der Waals surface area contributed by atoms with Gasteiger partial charge in [0, 0.05) is 12.0 Å². The molecule has 2 aliphatic heterocycles.